The lowest BCUT2D eigenvalue weighted by atomic mass is 10.1. The molecular formula is C16H21N3O2. The van der Waals surface area contributed by atoms with Crippen LogP contribution in [0.4, 0.5) is 0 Å². The number of carbonyl (C=O) groups is 1. The van der Waals surface area contributed by atoms with Gasteiger partial charge in [0.1, 0.15) is 5.75 Å². The second kappa shape index (κ2) is 8.09. The molecule has 112 valence electrons. The van der Waals surface area contributed by atoms with E-state index in [-0.39, 0.29) is 5.91 Å². The van der Waals surface area contributed by atoms with Crippen molar-refractivity contribution in [2.24, 2.45) is 0 Å². The van der Waals surface area contributed by atoms with Crippen molar-refractivity contribution in [3.05, 3.63) is 48.0 Å². The number of amides is 1. The van der Waals surface area contributed by atoms with Crippen LogP contribution in [0.25, 0.3) is 0 Å². The summed E-state index contributed by atoms with van der Waals surface area (Å²) in [6.07, 6.45) is 5.33. The molecule has 0 spiro atoms. The second-order valence-electron chi connectivity index (χ2n) is 4.72. The number of aryl methyl sites for hydroxylation is 1. The molecule has 0 fully saturated rings. The third kappa shape index (κ3) is 4.95. The number of benzene rings is 1. The predicted octanol–water partition coefficient (Wildman–Crippen LogP) is 2.10. The molecule has 0 aliphatic heterocycles. The van der Waals surface area contributed by atoms with Crippen molar-refractivity contribution in [3.63, 3.8) is 0 Å². The minimum atomic E-state index is 0.0563. The maximum absolute atomic E-state index is 11.8. The minimum absolute atomic E-state index is 0.0563. The summed E-state index contributed by atoms with van der Waals surface area (Å²) in [5.74, 6) is 0.922. The van der Waals surface area contributed by atoms with Crippen LogP contribution in [-0.4, -0.2) is 29.0 Å². The van der Waals surface area contributed by atoms with Crippen LogP contribution >= 0.6 is 0 Å². The Balaban J connectivity index is 1.73. The summed E-state index contributed by atoms with van der Waals surface area (Å²) in [7, 11) is 0. The van der Waals surface area contributed by atoms with Gasteiger partial charge in [0.05, 0.1) is 12.9 Å². The molecule has 2 rings (SSSR count). The third-order valence-corrected chi connectivity index (χ3v) is 3.17. The van der Waals surface area contributed by atoms with Crippen molar-refractivity contribution in [3.8, 4) is 5.75 Å². The number of imidazole rings is 1. The highest BCUT2D eigenvalue weighted by Gasteiger charge is 2.06. The van der Waals surface area contributed by atoms with Crippen molar-refractivity contribution in [1.82, 2.24) is 15.3 Å². The fourth-order valence-corrected chi connectivity index (χ4v) is 2.10. The fraction of sp³-hybridized carbons (Fsp3) is 0.375. The molecule has 0 saturated heterocycles. The number of nitrogens with one attached hydrogen (secondary N) is 2. The summed E-state index contributed by atoms with van der Waals surface area (Å²) in [4.78, 5) is 18.8. The van der Waals surface area contributed by atoms with E-state index < -0.39 is 0 Å². The molecule has 1 heterocycles. The quantitative estimate of drug-likeness (QED) is 0.781. The molecule has 21 heavy (non-hydrogen) atoms. The highest BCUT2D eigenvalue weighted by molar-refractivity contribution is 5.76. The first-order valence-electron chi connectivity index (χ1n) is 7.24. The molecule has 0 aliphatic carbocycles. The molecular weight excluding hydrogens is 266 g/mol. The summed E-state index contributed by atoms with van der Waals surface area (Å²) >= 11 is 0. The standard InChI is InChI=1S/C16H21N3O2/c1-2-21-15-6-4-3-5-13(15)7-8-16(20)18-10-9-14-11-17-12-19-14/h3-6,11-12H,2,7-10H2,1H3,(H,17,19)(H,18,20). The molecule has 0 aliphatic rings. The monoisotopic (exact) mass is 287 g/mol. The maximum atomic E-state index is 11.8. The molecule has 1 amide bonds. The Labute approximate surface area is 124 Å². The van der Waals surface area contributed by atoms with E-state index >= 15 is 0 Å². The largest absolute Gasteiger partial charge is 0.494 e. The number of aromatic amines is 1. The number of carbonyl (C=O) groups excluding carboxylic acids is 1. The summed E-state index contributed by atoms with van der Waals surface area (Å²) in [5.41, 5.74) is 2.10. The normalized spacial score (nSPS) is 10.3. The lowest BCUT2D eigenvalue weighted by molar-refractivity contribution is -0.121. The molecule has 0 saturated carbocycles. The number of hydrogen-bond acceptors (Lipinski definition) is 3. The van der Waals surface area contributed by atoms with E-state index in [2.05, 4.69) is 15.3 Å². The molecule has 0 bridgehead atoms. The summed E-state index contributed by atoms with van der Waals surface area (Å²) < 4.78 is 5.56. The second-order valence-corrected chi connectivity index (χ2v) is 4.72. The minimum Gasteiger partial charge on any atom is -0.494 e. The number of H-pyrrole nitrogens is 1. The maximum Gasteiger partial charge on any atom is 0.220 e. The van der Waals surface area contributed by atoms with Gasteiger partial charge < -0.3 is 15.0 Å². The molecule has 5 heteroatoms. The van der Waals surface area contributed by atoms with Gasteiger partial charge in [0.25, 0.3) is 0 Å². The van der Waals surface area contributed by atoms with E-state index in [9.17, 15) is 4.79 Å². The average molecular weight is 287 g/mol. The summed E-state index contributed by atoms with van der Waals surface area (Å²) in [5, 5.41) is 2.92. The van der Waals surface area contributed by atoms with E-state index in [1.54, 1.807) is 12.5 Å². The Morgan fingerprint density at radius 1 is 1.33 bits per heavy atom. The number of rotatable bonds is 8. The lowest BCUT2D eigenvalue weighted by Gasteiger charge is -2.10. The van der Waals surface area contributed by atoms with Gasteiger partial charge in [-0.3, -0.25) is 4.79 Å². The number of para-hydroxylation sites is 1. The Hall–Kier alpha value is -2.30. The highest BCUT2D eigenvalue weighted by atomic mass is 16.5. The van der Waals surface area contributed by atoms with Gasteiger partial charge in [0, 0.05) is 31.3 Å². The number of nitrogens with zero attached hydrogens (tertiary/aromatic N) is 1. The van der Waals surface area contributed by atoms with Crippen LogP contribution in [0.15, 0.2) is 36.8 Å². The van der Waals surface area contributed by atoms with Crippen LogP contribution in [-0.2, 0) is 17.6 Å². The van der Waals surface area contributed by atoms with Crippen molar-refractivity contribution in [2.75, 3.05) is 13.2 Å². The van der Waals surface area contributed by atoms with Crippen molar-refractivity contribution in [2.45, 2.75) is 26.2 Å². The molecule has 0 unspecified atom stereocenters. The summed E-state index contributed by atoms with van der Waals surface area (Å²) in [6, 6.07) is 7.85. The highest BCUT2D eigenvalue weighted by Crippen LogP contribution is 2.19. The molecule has 2 aromatic rings. The average Bonchev–Trinajstić information content (AvgIpc) is 3.00. The molecule has 5 nitrogen and oxygen atoms in total. The van der Waals surface area contributed by atoms with Crippen LogP contribution in [0, 0.1) is 0 Å². The van der Waals surface area contributed by atoms with E-state index in [1.807, 2.05) is 31.2 Å². The molecule has 1 aromatic carbocycles. The predicted molar refractivity (Wildman–Crippen MR) is 81.2 cm³/mol. The zero-order valence-electron chi connectivity index (χ0n) is 12.3. The van der Waals surface area contributed by atoms with Crippen LogP contribution in [0.3, 0.4) is 0 Å². The first kappa shape index (κ1) is 15.1. The van der Waals surface area contributed by atoms with E-state index in [4.69, 9.17) is 4.74 Å². The van der Waals surface area contributed by atoms with Crippen molar-refractivity contribution in [1.29, 1.82) is 0 Å². The first-order valence-corrected chi connectivity index (χ1v) is 7.24. The number of hydrogen-bond donors (Lipinski definition) is 2. The number of aromatic nitrogens is 2. The topological polar surface area (TPSA) is 67.0 Å². The van der Waals surface area contributed by atoms with E-state index in [0.29, 0.717) is 26.0 Å². The number of ether oxygens (including phenoxy) is 1. The summed E-state index contributed by atoms with van der Waals surface area (Å²) in [6.45, 7) is 3.21. The smallest absolute Gasteiger partial charge is 0.220 e. The zero-order valence-corrected chi connectivity index (χ0v) is 12.3. The van der Waals surface area contributed by atoms with Gasteiger partial charge in [-0.2, -0.15) is 0 Å². The SMILES string of the molecule is CCOc1ccccc1CCC(=O)NCCc1cnc[nH]1. The Bertz CT molecular complexity index is 552. The van der Waals surface area contributed by atoms with Gasteiger partial charge in [-0.15, -0.1) is 0 Å². The van der Waals surface area contributed by atoms with Gasteiger partial charge in [0.2, 0.25) is 5.91 Å². The molecule has 2 N–H and O–H groups in total. The van der Waals surface area contributed by atoms with Crippen LogP contribution < -0.4 is 10.1 Å². The third-order valence-electron chi connectivity index (χ3n) is 3.17. The van der Waals surface area contributed by atoms with Gasteiger partial charge in [-0.1, -0.05) is 18.2 Å². The van der Waals surface area contributed by atoms with E-state index in [0.717, 1.165) is 23.4 Å². The molecule has 0 radical (unpaired) electrons. The first-order chi connectivity index (χ1) is 10.3. The van der Waals surface area contributed by atoms with Gasteiger partial charge in [0.15, 0.2) is 0 Å². The van der Waals surface area contributed by atoms with Crippen LogP contribution in [0.5, 0.6) is 5.75 Å². The molecule has 1 aromatic heterocycles. The van der Waals surface area contributed by atoms with Crippen molar-refractivity contribution >= 4 is 5.91 Å². The van der Waals surface area contributed by atoms with Crippen LogP contribution in [0.2, 0.25) is 0 Å². The van der Waals surface area contributed by atoms with Gasteiger partial charge in [-0.05, 0) is 25.0 Å². The van der Waals surface area contributed by atoms with Crippen LogP contribution in [0.1, 0.15) is 24.6 Å². The van der Waals surface area contributed by atoms with Gasteiger partial charge >= 0.3 is 0 Å². The zero-order chi connectivity index (χ0) is 14.9. The Morgan fingerprint density at radius 2 is 2.19 bits per heavy atom. The fourth-order valence-electron chi connectivity index (χ4n) is 2.10. The Morgan fingerprint density at radius 3 is 2.95 bits per heavy atom. The van der Waals surface area contributed by atoms with E-state index in [1.165, 1.54) is 0 Å². The van der Waals surface area contributed by atoms with Crippen molar-refractivity contribution < 1.29 is 9.53 Å². The lowest BCUT2D eigenvalue weighted by Crippen LogP contribution is -2.26. The van der Waals surface area contributed by atoms with Gasteiger partial charge in [-0.25, -0.2) is 4.98 Å². The molecule has 0 atom stereocenters. The Kier molecular flexibility index (Phi) is 5.82.